The molecule has 0 spiro atoms. The van der Waals surface area contributed by atoms with Gasteiger partial charge in [-0.1, -0.05) is 155 Å². The summed E-state index contributed by atoms with van der Waals surface area (Å²) in [6, 6.07) is 67.4. The first kappa shape index (κ1) is 32.8. The van der Waals surface area contributed by atoms with Crippen LogP contribution in [0.1, 0.15) is 49.9 Å². The van der Waals surface area contributed by atoms with E-state index in [0.29, 0.717) is 0 Å². The maximum atomic E-state index is 2.52. The van der Waals surface area contributed by atoms with E-state index >= 15 is 0 Å². The van der Waals surface area contributed by atoms with Crippen LogP contribution in [0.2, 0.25) is 0 Å². The number of anilines is 3. The molecule has 56 heavy (non-hydrogen) atoms. The van der Waals surface area contributed by atoms with Gasteiger partial charge < -0.3 is 9.47 Å². The molecule has 0 saturated carbocycles. The second kappa shape index (κ2) is 11.9. The molecule has 0 amide bonds. The van der Waals surface area contributed by atoms with Gasteiger partial charge in [0.15, 0.2) is 0 Å². The van der Waals surface area contributed by atoms with E-state index in [1.165, 1.54) is 83.1 Å². The highest BCUT2D eigenvalue weighted by Crippen LogP contribution is 2.51. The summed E-state index contributed by atoms with van der Waals surface area (Å²) in [5, 5.41) is 2.58. The zero-order valence-corrected chi connectivity index (χ0v) is 32.2. The molecule has 0 unspecified atom stereocenters. The fourth-order valence-corrected chi connectivity index (χ4v) is 9.86. The molecule has 0 fully saturated rings. The zero-order valence-electron chi connectivity index (χ0n) is 32.2. The predicted octanol–water partition coefficient (Wildman–Crippen LogP) is 14.5. The van der Waals surface area contributed by atoms with Gasteiger partial charge in [-0.25, -0.2) is 0 Å². The number of benzene rings is 8. The van der Waals surface area contributed by atoms with Crippen LogP contribution in [0.15, 0.2) is 182 Å². The second-order valence-electron chi connectivity index (χ2n) is 16.6. The van der Waals surface area contributed by atoms with Crippen LogP contribution in [0.25, 0.3) is 60.9 Å². The number of fused-ring (bicyclic) bond motifs is 8. The van der Waals surface area contributed by atoms with Crippen LogP contribution in [-0.2, 0) is 10.8 Å². The van der Waals surface area contributed by atoms with Gasteiger partial charge in [-0.05, 0) is 110 Å². The third-order valence-corrected chi connectivity index (χ3v) is 12.8. The summed E-state index contributed by atoms with van der Waals surface area (Å²) in [7, 11) is 0. The minimum Gasteiger partial charge on any atom is -0.310 e. The summed E-state index contributed by atoms with van der Waals surface area (Å²) in [4.78, 5) is 2.39. The summed E-state index contributed by atoms with van der Waals surface area (Å²) in [6.07, 6.45) is 0. The topological polar surface area (TPSA) is 8.17 Å². The van der Waals surface area contributed by atoms with E-state index in [-0.39, 0.29) is 10.8 Å². The van der Waals surface area contributed by atoms with E-state index in [4.69, 9.17) is 0 Å². The molecular formula is C54H42N2. The van der Waals surface area contributed by atoms with Crippen molar-refractivity contribution in [3.63, 3.8) is 0 Å². The Kier molecular flexibility index (Phi) is 6.98. The summed E-state index contributed by atoms with van der Waals surface area (Å²) in [6.45, 7) is 9.45. The number of rotatable bonds is 5. The molecule has 0 saturated heterocycles. The minimum absolute atomic E-state index is 0.0712. The Morgan fingerprint density at radius 1 is 0.375 bits per heavy atom. The van der Waals surface area contributed by atoms with Gasteiger partial charge in [0.2, 0.25) is 0 Å². The molecule has 11 rings (SSSR count). The average Bonchev–Trinajstić information content (AvgIpc) is 3.69. The molecule has 0 N–H and O–H groups in total. The Bertz CT molecular complexity index is 3000. The maximum absolute atomic E-state index is 2.52. The molecule has 8 aromatic carbocycles. The molecule has 0 atom stereocenters. The van der Waals surface area contributed by atoms with Crippen LogP contribution >= 0.6 is 0 Å². The highest BCUT2D eigenvalue weighted by molar-refractivity contribution is 6.12. The van der Waals surface area contributed by atoms with Crippen molar-refractivity contribution in [1.82, 2.24) is 4.57 Å². The van der Waals surface area contributed by atoms with Crippen molar-refractivity contribution >= 4 is 38.9 Å². The van der Waals surface area contributed by atoms with Crippen LogP contribution < -0.4 is 4.90 Å². The van der Waals surface area contributed by atoms with Crippen molar-refractivity contribution in [2.24, 2.45) is 0 Å². The van der Waals surface area contributed by atoms with Gasteiger partial charge >= 0.3 is 0 Å². The molecule has 1 aliphatic carbocycles. The molecule has 1 aliphatic heterocycles. The smallest absolute Gasteiger partial charge is 0.0582 e. The highest BCUT2D eigenvalue weighted by atomic mass is 15.1. The van der Waals surface area contributed by atoms with Crippen molar-refractivity contribution in [2.45, 2.75) is 38.5 Å². The molecule has 0 bridgehead atoms. The van der Waals surface area contributed by atoms with Crippen LogP contribution in [0, 0.1) is 0 Å². The monoisotopic (exact) mass is 718 g/mol. The SMILES string of the molecule is CC1(C)c2ccccc2-c2ccc(N(c3ccccc3)c3ccc(-c4ccc5c(c4)c4cccc6c4n5-c4cc(-c5ccccc5)ccc4C6(C)C)cc3)cc21. The van der Waals surface area contributed by atoms with E-state index in [1.54, 1.807) is 0 Å². The molecule has 2 heteroatoms. The Morgan fingerprint density at radius 2 is 0.964 bits per heavy atom. The molecule has 268 valence electrons. The van der Waals surface area contributed by atoms with E-state index in [0.717, 1.165) is 17.1 Å². The van der Waals surface area contributed by atoms with E-state index < -0.39 is 0 Å². The summed E-state index contributed by atoms with van der Waals surface area (Å²) in [5.74, 6) is 0. The molecule has 1 aromatic heterocycles. The van der Waals surface area contributed by atoms with Crippen molar-refractivity contribution in [2.75, 3.05) is 4.90 Å². The lowest BCUT2D eigenvalue weighted by Gasteiger charge is -2.35. The third kappa shape index (κ3) is 4.69. The normalized spacial score (nSPS) is 14.4. The fraction of sp³-hybridized carbons (Fsp3) is 0.111. The number of para-hydroxylation sites is 2. The first-order chi connectivity index (χ1) is 27.3. The standard InChI is InChI=1S/C54H42N2/c1-53(2)46-20-12-11-18-42(46)43-29-28-41(34-49(43)53)55(39-16-9-6-10-17-39)40-26-22-36(23-27-40)37-25-31-50-45(32-37)44-19-13-21-48-52(44)56(50)51-33-38(35-14-7-5-8-15-35)24-30-47(51)54(48,3)4/h5-34H,1-4H3. The zero-order chi connectivity index (χ0) is 37.8. The highest BCUT2D eigenvalue weighted by Gasteiger charge is 2.37. The third-order valence-electron chi connectivity index (χ3n) is 12.8. The lowest BCUT2D eigenvalue weighted by Crippen LogP contribution is -2.26. The molecule has 2 nitrogen and oxygen atoms in total. The fourth-order valence-electron chi connectivity index (χ4n) is 9.86. The average molecular weight is 719 g/mol. The molecule has 2 aliphatic rings. The number of hydrogen-bond donors (Lipinski definition) is 0. The van der Waals surface area contributed by atoms with Gasteiger partial charge in [0.25, 0.3) is 0 Å². The Morgan fingerprint density at radius 3 is 1.77 bits per heavy atom. The lowest BCUT2D eigenvalue weighted by molar-refractivity contribution is 0.630. The molecule has 0 radical (unpaired) electrons. The predicted molar refractivity (Wildman–Crippen MR) is 236 cm³/mol. The quantitative estimate of drug-likeness (QED) is 0.172. The Hall–Kier alpha value is -6.64. The van der Waals surface area contributed by atoms with Gasteiger partial charge in [-0.15, -0.1) is 0 Å². The van der Waals surface area contributed by atoms with Gasteiger partial charge in [-0.2, -0.15) is 0 Å². The van der Waals surface area contributed by atoms with E-state index in [2.05, 4.69) is 219 Å². The second-order valence-corrected chi connectivity index (χ2v) is 16.6. The van der Waals surface area contributed by atoms with Crippen LogP contribution in [-0.4, -0.2) is 4.57 Å². The summed E-state index contributed by atoms with van der Waals surface area (Å²) >= 11 is 0. The van der Waals surface area contributed by atoms with Gasteiger partial charge in [0.05, 0.1) is 16.7 Å². The summed E-state index contributed by atoms with van der Waals surface area (Å²) < 4.78 is 2.52. The Labute approximate surface area is 328 Å². The number of aromatic nitrogens is 1. The van der Waals surface area contributed by atoms with Crippen LogP contribution in [0.4, 0.5) is 17.1 Å². The Balaban J connectivity index is 1.02. The van der Waals surface area contributed by atoms with Crippen LogP contribution in [0.3, 0.4) is 0 Å². The lowest BCUT2D eigenvalue weighted by atomic mass is 9.74. The van der Waals surface area contributed by atoms with Gasteiger partial charge in [0.1, 0.15) is 0 Å². The van der Waals surface area contributed by atoms with E-state index in [9.17, 15) is 0 Å². The molecule has 9 aromatic rings. The van der Waals surface area contributed by atoms with E-state index in [1.807, 2.05) is 0 Å². The minimum atomic E-state index is -0.129. The van der Waals surface area contributed by atoms with Crippen molar-refractivity contribution in [1.29, 1.82) is 0 Å². The molecule has 2 heterocycles. The number of hydrogen-bond acceptors (Lipinski definition) is 1. The number of nitrogens with zero attached hydrogens (tertiary/aromatic N) is 2. The summed E-state index contributed by atoms with van der Waals surface area (Å²) in [5.41, 5.74) is 20.1. The van der Waals surface area contributed by atoms with Crippen molar-refractivity contribution < 1.29 is 0 Å². The van der Waals surface area contributed by atoms with Crippen LogP contribution in [0.5, 0.6) is 0 Å². The molecular weight excluding hydrogens is 677 g/mol. The first-order valence-electron chi connectivity index (χ1n) is 19.8. The van der Waals surface area contributed by atoms with Gasteiger partial charge in [-0.3, -0.25) is 0 Å². The first-order valence-corrected chi connectivity index (χ1v) is 19.8. The maximum Gasteiger partial charge on any atom is 0.0582 e. The largest absolute Gasteiger partial charge is 0.310 e. The van der Waals surface area contributed by atoms with Crippen molar-refractivity contribution in [3.05, 3.63) is 204 Å². The van der Waals surface area contributed by atoms with Crippen molar-refractivity contribution in [3.8, 4) is 39.1 Å². The van der Waals surface area contributed by atoms with Gasteiger partial charge in [0, 0.05) is 38.7 Å².